The van der Waals surface area contributed by atoms with Crippen LogP contribution in [-0.4, -0.2) is 17.3 Å². The molecular formula is C14H19F2NO. The monoisotopic (exact) mass is 255 g/mol. The van der Waals surface area contributed by atoms with Gasteiger partial charge in [-0.1, -0.05) is 18.9 Å². The van der Waals surface area contributed by atoms with Crippen LogP contribution in [0.2, 0.25) is 0 Å². The van der Waals surface area contributed by atoms with E-state index in [1.165, 1.54) is 6.07 Å². The van der Waals surface area contributed by atoms with E-state index in [9.17, 15) is 13.9 Å². The molecule has 1 fully saturated rings. The Balaban J connectivity index is 1.94. The van der Waals surface area contributed by atoms with E-state index in [1.807, 2.05) is 6.92 Å². The second kappa shape index (κ2) is 5.33. The topological polar surface area (TPSA) is 32.3 Å². The smallest absolute Gasteiger partial charge is 0.159 e. The van der Waals surface area contributed by atoms with Gasteiger partial charge in [-0.15, -0.1) is 0 Å². The number of hydrogen-bond acceptors (Lipinski definition) is 2. The standard InChI is InChI=1S/C14H19F2NO/c1-10(11-4-5-12(15)13(16)8-11)17-9-14(18)6-2-3-7-14/h4-5,8,10,17-18H,2-3,6-7,9H2,1H3. The number of hydrogen-bond donors (Lipinski definition) is 2. The van der Waals surface area contributed by atoms with Crippen LogP contribution in [0.25, 0.3) is 0 Å². The Morgan fingerprint density at radius 2 is 1.94 bits per heavy atom. The van der Waals surface area contributed by atoms with Crippen molar-refractivity contribution in [1.82, 2.24) is 5.32 Å². The van der Waals surface area contributed by atoms with Gasteiger partial charge in [0.1, 0.15) is 0 Å². The fourth-order valence-corrected chi connectivity index (χ4v) is 2.45. The molecule has 2 nitrogen and oxygen atoms in total. The molecule has 2 N–H and O–H groups in total. The van der Waals surface area contributed by atoms with E-state index in [2.05, 4.69) is 5.32 Å². The zero-order chi connectivity index (χ0) is 13.2. The lowest BCUT2D eigenvalue weighted by atomic mass is 10.0. The lowest BCUT2D eigenvalue weighted by Crippen LogP contribution is -2.39. The first kappa shape index (κ1) is 13.4. The Hall–Kier alpha value is -1.00. The highest BCUT2D eigenvalue weighted by Crippen LogP contribution is 2.29. The number of halogens is 2. The summed E-state index contributed by atoms with van der Waals surface area (Å²) < 4.78 is 25.9. The summed E-state index contributed by atoms with van der Waals surface area (Å²) in [6, 6.07) is 3.79. The van der Waals surface area contributed by atoms with Gasteiger partial charge in [0.05, 0.1) is 5.60 Å². The second-order valence-corrected chi connectivity index (χ2v) is 5.21. The third-order valence-corrected chi connectivity index (χ3v) is 3.72. The van der Waals surface area contributed by atoms with Crippen molar-refractivity contribution in [2.45, 2.75) is 44.2 Å². The van der Waals surface area contributed by atoms with Crippen LogP contribution in [0.15, 0.2) is 18.2 Å². The zero-order valence-corrected chi connectivity index (χ0v) is 10.5. The molecule has 1 aliphatic carbocycles. The Morgan fingerprint density at radius 3 is 2.56 bits per heavy atom. The minimum absolute atomic E-state index is 0.107. The fraction of sp³-hybridized carbons (Fsp3) is 0.571. The van der Waals surface area contributed by atoms with Gasteiger partial charge in [0.25, 0.3) is 0 Å². The van der Waals surface area contributed by atoms with Crippen LogP contribution >= 0.6 is 0 Å². The maximum absolute atomic E-state index is 13.1. The predicted molar refractivity (Wildman–Crippen MR) is 66.2 cm³/mol. The van der Waals surface area contributed by atoms with E-state index in [1.54, 1.807) is 6.07 Å². The van der Waals surface area contributed by atoms with Gasteiger partial charge in [-0.25, -0.2) is 8.78 Å². The van der Waals surface area contributed by atoms with Crippen molar-refractivity contribution in [2.75, 3.05) is 6.54 Å². The SMILES string of the molecule is CC(NCC1(O)CCCC1)c1ccc(F)c(F)c1. The molecule has 0 saturated heterocycles. The molecule has 1 aliphatic rings. The Morgan fingerprint density at radius 1 is 1.28 bits per heavy atom. The first-order valence-corrected chi connectivity index (χ1v) is 6.41. The summed E-state index contributed by atoms with van der Waals surface area (Å²) in [4.78, 5) is 0. The summed E-state index contributed by atoms with van der Waals surface area (Å²) >= 11 is 0. The molecule has 0 radical (unpaired) electrons. The molecule has 100 valence electrons. The molecule has 1 saturated carbocycles. The first-order valence-electron chi connectivity index (χ1n) is 6.41. The Bertz CT molecular complexity index is 416. The number of rotatable bonds is 4. The molecule has 0 amide bonds. The van der Waals surface area contributed by atoms with E-state index in [0.717, 1.165) is 31.7 Å². The van der Waals surface area contributed by atoms with Gasteiger partial charge in [-0.05, 0) is 37.5 Å². The van der Waals surface area contributed by atoms with Crippen molar-refractivity contribution in [3.05, 3.63) is 35.4 Å². The summed E-state index contributed by atoms with van der Waals surface area (Å²) in [7, 11) is 0. The molecule has 4 heteroatoms. The molecule has 1 aromatic carbocycles. The highest BCUT2D eigenvalue weighted by Gasteiger charge is 2.31. The van der Waals surface area contributed by atoms with Gasteiger partial charge in [-0.3, -0.25) is 0 Å². The van der Waals surface area contributed by atoms with Gasteiger partial charge in [-0.2, -0.15) is 0 Å². The molecule has 2 rings (SSSR count). The van der Waals surface area contributed by atoms with E-state index >= 15 is 0 Å². The summed E-state index contributed by atoms with van der Waals surface area (Å²) in [5.41, 5.74) is 0.0582. The summed E-state index contributed by atoms with van der Waals surface area (Å²) in [5, 5.41) is 13.4. The van der Waals surface area contributed by atoms with Gasteiger partial charge in [0.15, 0.2) is 11.6 Å². The van der Waals surface area contributed by atoms with Crippen molar-refractivity contribution in [3.63, 3.8) is 0 Å². The number of nitrogens with one attached hydrogen (secondary N) is 1. The molecule has 0 aliphatic heterocycles. The van der Waals surface area contributed by atoms with Gasteiger partial charge < -0.3 is 10.4 Å². The van der Waals surface area contributed by atoms with E-state index in [-0.39, 0.29) is 6.04 Å². The molecule has 0 spiro atoms. The average Bonchev–Trinajstić information content (AvgIpc) is 2.77. The van der Waals surface area contributed by atoms with Crippen LogP contribution in [0.5, 0.6) is 0 Å². The summed E-state index contributed by atoms with van der Waals surface area (Å²) in [6.07, 6.45) is 3.73. The number of benzene rings is 1. The summed E-state index contributed by atoms with van der Waals surface area (Å²) in [6.45, 7) is 2.37. The molecular weight excluding hydrogens is 236 g/mol. The van der Waals surface area contributed by atoms with Crippen LogP contribution < -0.4 is 5.32 Å². The van der Waals surface area contributed by atoms with E-state index in [4.69, 9.17) is 0 Å². The predicted octanol–water partition coefficient (Wildman–Crippen LogP) is 2.92. The minimum Gasteiger partial charge on any atom is -0.389 e. The first-order chi connectivity index (χ1) is 8.50. The van der Waals surface area contributed by atoms with E-state index in [0.29, 0.717) is 12.1 Å². The lowest BCUT2D eigenvalue weighted by Gasteiger charge is -2.25. The largest absolute Gasteiger partial charge is 0.389 e. The van der Waals surface area contributed by atoms with Gasteiger partial charge >= 0.3 is 0 Å². The molecule has 0 bridgehead atoms. The normalized spacial score (nSPS) is 20.0. The van der Waals surface area contributed by atoms with Crippen LogP contribution in [-0.2, 0) is 0 Å². The van der Waals surface area contributed by atoms with Crippen LogP contribution in [0, 0.1) is 11.6 Å². The van der Waals surface area contributed by atoms with Crippen LogP contribution in [0.4, 0.5) is 8.78 Å². The van der Waals surface area contributed by atoms with Crippen molar-refractivity contribution in [3.8, 4) is 0 Å². The van der Waals surface area contributed by atoms with E-state index < -0.39 is 17.2 Å². The average molecular weight is 255 g/mol. The highest BCUT2D eigenvalue weighted by molar-refractivity contribution is 5.20. The van der Waals surface area contributed by atoms with Gasteiger partial charge in [0.2, 0.25) is 0 Å². The summed E-state index contributed by atoms with van der Waals surface area (Å²) in [5.74, 6) is -1.67. The molecule has 0 aromatic heterocycles. The van der Waals surface area contributed by atoms with Crippen molar-refractivity contribution < 1.29 is 13.9 Å². The van der Waals surface area contributed by atoms with Crippen molar-refractivity contribution in [1.29, 1.82) is 0 Å². The lowest BCUT2D eigenvalue weighted by molar-refractivity contribution is 0.0453. The second-order valence-electron chi connectivity index (χ2n) is 5.21. The maximum Gasteiger partial charge on any atom is 0.159 e. The number of aliphatic hydroxyl groups is 1. The minimum atomic E-state index is -0.833. The maximum atomic E-state index is 13.1. The van der Waals surface area contributed by atoms with Crippen molar-refractivity contribution in [2.24, 2.45) is 0 Å². The van der Waals surface area contributed by atoms with Crippen LogP contribution in [0.3, 0.4) is 0 Å². The molecule has 1 aromatic rings. The molecule has 18 heavy (non-hydrogen) atoms. The van der Waals surface area contributed by atoms with Crippen molar-refractivity contribution >= 4 is 0 Å². The van der Waals surface area contributed by atoms with Crippen LogP contribution in [0.1, 0.15) is 44.2 Å². The molecule has 1 atom stereocenters. The zero-order valence-electron chi connectivity index (χ0n) is 10.5. The third kappa shape index (κ3) is 3.06. The molecule has 0 heterocycles. The highest BCUT2D eigenvalue weighted by atomic mass is 19.2. The quantitative estimate of drug-likeness (QED) is 0.867. The Kier molecular flexibility index (Phi) is 3.97. The molecule has 1 unspecified atom stereocenters. The Labute approximate surface area is 106 Å². The fourth-order valence-electron chi connectivity index (χ4n) is 2.45. The third-order valence-electron chi connectivity index (χ3n) is 3.72. The van der Waals surface area contributed by atoms with Gasteiger partial charge in [0, 0.05) is 12.6 Å².